The van der Waals surface area contributed by atoms with E-state index in [9.17, 15) is 9.90 Å². The summed E-state index contributed by atoms with van der Waals surface area (Å²) in [6.45, 7) is 2.69. The van der Waals surface area contributed by atoms with E-state index in [0.717, 1.165) is 5.56 Å². The van der Waals surface area contributed by atoms with Crippen LogP contribution < -0.4 is 5.43 Å². The Hall–Kier alpha value is -1.88. The van der Waals surface area contributed by atoms with Gasteiger partial charge in [0.05, 0.1) is 17.4 Å². The monoisotopic (exact) mass is 331 g/mol. The van der Waals surface area contributed by atoms with E-state index in [2.05, 4.69) is 0 Å². The Kier molecular flexibility index (Phi) is 4.39. The van der Waals surface area contributed by atoms with Crippen LogP contribution in [0.15, 0.2) is 45.6 Å². The van der Waals surface area contributed by atoms with E-state index in [1.165, 1.54) is 0 Å². The second-order valence-corrected chi connectivity index (χ2v) is 6.29. The predicted molar refractivity (Wildman–Crippen MR) is 93.0 cm³/mol. The first-order valence-corrected chi connectivity index (χ1v) is 7.83. The van der Waals surface area contributed by atoms with Crippen LogP contribution in [0.5, 0.6) is 0 Å². The zero-order valence-corrected chi connectivity index (χ0v) is 13.8. The lowest BCUT2D eigenvalue weighted by Gasteiger charge is -2.22. The Morgan fingerprint density at radius 2 is 1.83 bits per heavy atom. The Bertz CT molecular complexity index is 919. The maximum Gasteiger partial charge on any atom is 0.200 e. The molecular formula is C18H18ClNO3. The Morgan fingerprint density at radius 1 is 1.17 bits per heavy atom. The summed E-state index contributed by atoms with van der Waals surface area (Å²) in [6.07, 6.45) is 0. The Balaban J connectivity index is 2.10. The molecule has 1 atom stereocenters. The van der Waals surface area contributed by atoms with Crippen LogP contribution in [-0.2, 0) is 6.54 Å². The summed E-state index contributed by atoms with van der Waals surface area (Å²) in [5.74, 6) is 0. The van der Waals surface area contributed by atoms with Crippen molar-refractivity contribution in [2.24, 2.45) is 0 Å². The molecule has 0 bridgehead atoms. The van der Waals surface area contributed by atoms with Crippen LogP contribution in [0, 0.1) is 0 Å². The van der Waals surface area contributed by atoms with Gasteiger partial charge in [-0.25, -0.2) is 0 Å². The molecule has 0 saturated heterocycles. The minimum atomic E-state index is -0.0801. The zero-order valence-electron chi connectivity index (χ0n) is 13.0. The third kappa shape index (κ3) is 3.11. The standard InChI is InChI=1S/C18H18ClNO3/c1-11(10-21)20(2)9-12-3-5-16-14(7-12)18(22)15-8-13(19)4-6-17(15)23-16/h3-8,11,21H,9-10H2,1-2H3. The molecule has 0 saturated carbocycles. The van der Waals surface area contributed by atoms with Gasteiger partial charge in [-0.2, -0.15) is 0 Å². The van der Waals surface area contributed by atoms with Crippen LogP contribution in [-0.4, -0.2) is 29.7 Å². The first-order valence-electron chi connectivity index (χ1n) is 7.45. The van der Waals surface area contributed by atoms with Crippen molar-refractivity contribution in [2.45, 2.75) is 19.5 Å². The molecule has 1 unspecified atom stereocenters. The van der Waals surface area contributed by atoms with E-state index in [1.54, 1.807) is 18.2 Å². The van der Waals surface area contributed by atoms with Crippen molar-refractivity contribution in [3.05, 3.63) is 57.2 Å². The van der Waals surface area contributed by atoms with Crippen molar-refractivity contribution in [3.63, 3.8) is 0 Å². The fraction of sp³-hybridized carbons (Fsp3) is 0.278. The Labute approximate surface area is 138 Å². The van der Waals surface area contributed by atoms with Crippen molar-refractivity contribution in [1.82, 2.24) is 4.90 Å². The lowest BCUT2D eigenvalue weighted by molar-refractivity contribution is 0.154. The summed E-state index contributed by atoms with van der Waals surface area (Å²) in [7, 11) is 1.94. The molecule has 0 amide bonds. The molecule has 1 aromatic heterocycles. The van der Waals surface area contributed by atoms with Crippen LogP contribution >= 0.6 is 11.6 Å². The lowest BCUT2D eigenvalue weighted by atomic mass is 10.1. The number of fused-ring (bicyclic) bond motifs is 2. The molecule has 2 aromatic carbocycles. The second-order valence-electron chi connectivity index (χ2n) is 5.85. The highest BCUT2D eigenvalue weighted by atomic mass is 35.5. The van der Waals surface area contributed by atoms with Gasteiger partial charge in [-0.3, -0.25) is 9.69 Å². The highest BCUT2D eigenvalue weighted by molar-refractivity contribution is 6.31. The number of likely N-dealkylation sites (N-methyl/N-ethyl adjacent to an activating group) is 1. The number of hydrogen-bond acceptors (Lipinski definition) is 4. The first-order chi connectivity index (χ1) is 11.0. The summed E-state index contributed by atoms with van der Waals surface area (Å²) in [4.78, 5) is 14.7. The lowest BCUT2D eigenvalue weighted by Crippen LogP contribution is -2.31. The van der Waals surface area contributed by atoms with Gasteiger partial charge < -0.3 is 9.52 Å². The SMILES string of the molecule is CC(CO)N(C)Cc1ccc2oc3ccc(Cl)cc3c(=O)c2c1. The van der Waals surface area contributed by atoms with Gasteiger partial charge in [0.15, 0.2) is 0 Å². The number of halogens is 1. The number of aliphatic hydroxyl groups excluding tert-OH is 1. The molecular weight excluding hydrogens is 314 g/mol. The van der Waals surface area contributed by atoms with Gasteiger partial charge >= 0.3 is 0 Å². The molecule has 1 heterocycles. The number of benzene rings is 2. The summed E-state index contributed by atoms with van der Waals surface area (Å²) >= 11 is 5.98. The van der Waals surface area contributed by atoms with Gasteiger partial charge in [0, 0.05) is 17.6 Å². The van der Waals surface area contributed by atoms with E-state index in [1.807, 2.05) is 37.1 Å². The van der Waals surface area contributed by atoms with Crippen molar-refractivity contribution in [2.75, 3.05) is 13.7 Å². The molecule has 0 radical (unpaired) electrons. The van der Waals surface area contributed by atoms with E-state index in [-0.39, 0.29) is 18.1 Å². The molecule has 3 rings (SSSR count). The number of rotatable bonds is 4. The van der Waals surface area contributed by atoms with Crippen LogP contribution in [0.25, 0.3) is 21.9 Å². The summed E-state index contributed by atoms with van der Waals surface area (Å²) in [6, 6.07) is 10.7. The van der Waals surface area contributed by atoms with Gasteiger partial charge in [0.25, 0.3) is 0 Å². The molecule has 5 heteroatoms. The molecule has 3 aromatic rings. The molecule has 0 aliphatic rings. The highest BCUT2D eigenvalue weighted by Crippen LogP contribution is 2.22. The molecule has 4 nitrogen and oxygen atoms in total. The molecule has 0 spiro atoms. The maximum atomic E-state index is 12.7. The topological polar surface area (TPSA) is 53.7 Å². The fourth-order valence-corrected chi connectivity index (χ4v) is 2.73. The van der Waals surface area contributed by atoms with E-state index in [0.29, 0.717) is 33.5 Å². The fourth-order valence-electron chi connectivity index (χ4n) is 2.56. The van der Waals surface area contributed by atoms with E-state index in [4.69, 9.17) is 16.0 Å². The minimum absolute atomic E-state index is 0.0533. The minimum Gasteiger partial charge on any atom is -0.456 e. The van der Waals surface area contributed by atoms with Gasteiger partial charge in [-0.15, -0.1) is 0 Å². The van der Waals surface area contributed by atoms with Gasteiger partial charge in [0.2, 0.25) is 5.43 Å². The third-order valence-corrected chi connectivity index (χ3v) is 4.38. The molecule has 0 aliphatic heterocycles. The molecule has 120 valence electrons. The van der Waals surface area contributed by atoms with Gasteiger partial charge in [0.1, 0.15) is 11.2 Å². The van der Waals surface area contributed by atoms with E-state index < -0.39 is 0 Å². The van der Waals surface area contributed by atoms with Crippen LogP contribution in [0.1, 0.15) is 12.5 Å². The zero-order chi connectivity index (χ0) is 16.6. The predicted octanol–water partition coefficient (Wildman–Crippen LogP) is 3.41. The summed E-state index contributed by atoms with van der Waals surface area (Å²) in [5, 5.41) is 10.8. The number of aliphatic hydroxyl groups is 1. The average Bonchev–Trinajstić information content (AvgIpc) is 2.55. The largest absolute Gasteiger partial charge is 0.456 e. The van der Waals surface area contributed by atoms with Gasteiger partial charge in [-0.05, 0) is 49.9 Å². The van der Waals surface area contributed by atoms with Crippen molar-refractivity contribution in [1.29, 1.82) is 0 Å². The molecule has 0 aliphatic carbocycles. The maximum absolute atomic E-state index is 12.7. The summed E-state index contributed by atoms with van der Waals surface area (Å²) < 4.78 is 5.80. The van der Waals surface area contributed by atoms with Crippen LogP contribution in [0.3, 0.4) is 0 Å². The van der Waals surface area contributed by atoms with Crippen molar-refractivity contribution < 1.29 is 9.52 Å². The summed E-state index contributed by atoms with van der Waals surface area (Å²) in [5.41, 5.74) is 2.01. The smallest absolute Gasteiger partial charge is 0.200 e. The third-order valence-electron chi connectivity index (χ3n) is 4.14. The number of hydrogen-bond donors (Lipinski definition) is 1. The Morgan fingerprint density at radius 3 is 2.52 bits per heavy atom. The van der Waals surface area contributed by atoms with Crippen LogP contribution in [0.4, 0.5) is 0 Å². The molecule has 0 fully saturated rings. The number of nitrogens with zero attached hydrogens (tertiary/aromatic N) is 1. The quantitative estimate of drug-likeness (QED) is 0.744. The highest BCUT2D eigenvalue weighted by Gasteiger charge is 2.12. The van der Waals surface area contributed by atoms with Crippen molar-refractivity contribution >= 4 is 33.5 Å². The average molecular weight is 332 g/mol. The normalized spacial score (nSPS) is 13.1. The first kappa shape index (κ1) is 16.0. The van der Waals surface area contributed by atoms with E-state index >= 15 is 0 Å². The van der Waals surface area contributed by atoms with Crippen molar-refractivity contribution in [3.8, 4) is 0 Å². The van der Waals surface area contributed by atoms with Crippen LogP contribution in [0.2, 0.25) is 5.02 Å². The molecule has 23 heavy (non-hydrogen) atoms. The van der Waals surface area contributed by atoms with Gasteiger partial charge in [-0.1, -0.05) is 17.7 Å². The molecule has 1 N–H and O–H groups in total. The second kappa shape index (κ2) is 6.32.